The van der Waals surface area contributed by atoms with Gasteiger partial charge in [-0.3, -0.25) is 4.98 Å². The van der Waals surface area contributed by atoms with Crippen LogP contribution in [0.2, 0.25) is 0 Å². The molecule has 0 N–H and O–H groups in total. The molecule has 24 heavy (non-hydrogen) atoms. The summed E-state index contributed by atoms with van der Waals surface area (Å²) in [5.74, 6) is 0. The van der Waals surface area contributed by atoms with Gasteiger partial charge in [-0.15, -0.1) is 0 Å². The van der Waals surface area contributed by atoms with Crippen LogP contribution < -0.4 is 0 Å². The van der Waals surface area contributed by atoms with E-state index in [0.29, 0.717) is 13.1 Å². The maximum absolute atomic E-state index is 12.3. The van der Waals surface area contributed by atoms with Crippen molar-refractivity contribution in [3.8, 4) is 11.1 Å². The number of amides is 1. The number of nitrogens with zero attached hydrogens (tertiary/aromatic N) is 2. The Hall–Kier alpha value is -2.36. The van der Waals surface area contributed by atoms with Gasteiger partial charge in [0.25, 0.3) is 0 Å². The van der Waals surface area contributed by atoms with E-state index in [4.69, 9.17) is 4.74 Å². The Morgan fingerprint density at radius 1 is 1.00 bits per heavy atom. The van der Waals surface area contributed by atoms with Crippen molar-refractivity contribution >= 4 is 6.09 Å². The predicted molar refractivity (Wildman–Crippen MR) is 94.9 cm³/mol. The number of hydrogen-bond donors (Lipinski definition) is 0. The molecule has 4 heteroatoms. The van der Waals surface area contributed by atoms with Gasteiger partial charge in [0.1, 0.15) is 5.60 Å². The van der Waals surface area contributed by atoms with Crippen molar-refractivity contribution in [1.29, 1.82) is 0 Å². The Labute approximate surface area is 143 Å². The number of carbonyl (C=O) groups is 1. The lowest BCUT2D eigenvalue weighted by molar-refractivity contribution is 0.0258. The van der Waals surface area contributed by atoms with Gasteiger partial charge in [-0.2, -0.15) is 0 Å². The monoisotopic (exact) mass is 324 g/mol. The average molecular weight is 324 g/mol. The summed E-state index contributed by atoms with van der Waals surface area (Å²) in [5, 5.41) is 0. The Balaban J connectivity index is 1.75. The largest absolute Gasteiger partial charge is 0.444 e. The van der Waals surface area contributed by atoms with Crippen LogP contribution in [0.3, 0.4) is 0 Å². The van der Waals surface area contributed by atoms with Gasteiger partial charge in [0.2, 0.25) is 0 Å². The van der Waals surface area contributed by atoms with Crippen molar-refractivity contribution in [2.45, 2.75) is 39.2 Å². The van der Waals surface area contributed by atoms with Gasteiger partial charge in [0, 0.05) is 25.5 Å². The highest BCUT2D eigenvalue weighted by Crippen LogP contribution is 2.25. The second-order valence-electron chi connectivity index (χ2n) is 7.19. The minimum Gasteiger partial charge on any atom is -0.444 e. The first-order valence-corrected chi connectivity index (χ1v) is 8.42. The first-order chi connectivity index (χ1) is 11.4. The predicted octanol–water partition coefficient (Wildman–Crippen LogP) is 4.08. The molecule has 2 heterocycles. The molecule has 1 amide bonds. The van der Waals surface area contributed by atoms with Gasteiger partial charge < -0.3 is 9.64 Å². The van der Waals surface area contributed by atoms with Gasteiger partial charge in [-0.25, -0.2) is 4.79 Å². The highest BCUT2D eigenvalue weighted by atomic mass is 16.6. The van der Waals surface area contributed by atoms with Crippen LogP contribution in [0.4, 0.5) is 4.79 Å². The third-order valence-corrected chi connectivity index (χ3v) is 4.17. The smallest absolute Gasteiger partial charge is 0.410 e. The van der Waals surface area contributed by atoms with Gasteiger partial charge in [0.05, 0.1) is 0 Å². The van der Waals surface area contributed by atoms with E-state index < -0.39 is 5.60 Å². The Bertz CT molecular complexity index is 720. The van der Waals surface area contributed by atoms with E-state index >= 15 is 0 Å². The summed E-state index contributed by atoms with van der Waals surface area (Å²) >= 11 is 0. The zero-order chi connectivity index (χ0) is 17.2. The SMILES string of the molecule is CC(C)(C)OC(=O)N1CCc2ccc(-c3ccncc3)cc2CC1. The fourth-order valence-corrected chi connectivity index (χ4v) is 2.96. The maximum Gasteiger partial charge on any atom is 0.410 e. The quantitative estimate of drug-likeness (QED) is 0.793. The van der Waals surface area contributed by atoms with Crippen LogP contribution >= 0.6 is 0 Å². The van der Waals surface area contributed by atoms with Crippen molar-refractivity contribution in [2.24, 2.45) is 0 Å². The molecule has 0 bridgehead atoms. The highest BCUT2D eigenvalue weighted by Gasteiger charge is 2.24. The number of carbonyl (C=O) groups excluding carboxylic acids is 1. The highest BCUT2D eigenvalue weighted by molar-refractivity contribution is 5.69. The Kier molecular flexibility index (Phi) is 4.56. The molecule has 0 saturated carbocycles. The van der Waals surface area contributed by atoms with Crippen LogP contribution in [0.25, 0.3) is 11.1 Å². The number of benzene rings is 1. The van der Waals surface area contributed by atoms with Crippen LogP contribution in [0.15, 0.2) is 42.7 Å². The minimum absolute atomic E-state index is 0.218. The third kappa shape index (κ3) is 3.94. The average Bonchev–Trinajstić information content (AvgIpc) is 2.76. The molecule has 1 aromatic heterocycles. The molecule has 1 aromatic carbocycles. The third-order valence-electron chi connectivity index (χ3n) is 4.17. The van der Waals surface area contributed by atoms with Crippen molar-refractivity contribution in [3.63, 3.8) is 0 Å². The van der Waals surface area contributed by atoms with Gasteiger partial charge in [-0.05, 0) is 68.0 Å². The summed E-state index contributed by atoms with van der Waals surface area (Å²) in [5.41, 5.74) is 4.54. The first-order valence-electron chi connectivity index (χ1n) is 8.42. The van der Waals surface area contributed by atoms with E-state index in [1.165, 1.54) is 22.3 Å². The summed E-state index contributed by atoms with van der Waals surface area (Å²) < 4.78 is 5.50. The van der Waals surface area contributed by atoms with Crippen molar-refractivity contribution in [2.75, 3.05) is 13.1 Å². The van der Waals surface area contributed by atoms with Crippen LogP contribution in [-0.2, 0) is 17.6 Å². The van der Waals surface area contributed by atoms with Crippen molar-refractivity contribution in [3.05, 3.63) is 53.9 Å². The fourth-order valence-electron chi connectivity index (χ4n) is 2.96. The van der Waals surface area contributed by atoms with E-state index in [1.807, 2.05) is 50.2 Å². The summed E-state index contributed by atoms with van der Waals surface area (Å²) in [4.78, 5) is 18.2. The van der Waals surface area contributed by atoms with E-state index in [0.717, 1.165) is 12.8 Å². The summed E-state index contributed by atoms with van der Waals surface area (Å²) in [6.07, 6.45) is 5.12. The van der Waals surface area contributed by atoms with Gasteiger partial charge in [0.15, 0.2) is 0 Å². The molecule has 0 spiro atoms. The molecule has 0 aliphatic carbocycles. The lowest BCUT2D eigenvalue weighted by Gasteiger charge is -2.26. The number of hydrogen-bond acceptors (Lipinski definition) is 3. The second kappa shape index (κ2) is 6.63. The number of rotatable bonds is 1. The fraction of sp³-hybridized carbons (Fsp3) is 0.400. The number of fused-ring (bicyclic) bond motifs is 1. The molecule has 0 unspecified atom stereocenters. The number of ether oxygens (including phenoxy) is 1. The van der Waals surface area contributed by atoms with Gasteiger partial charge >= 0.3 is 6.09 Å². The molecule has 0 radical (unpaired) electrons. The molecule has 4 nitrogen and oxygen atoms in total. The summed E-state index contributed by atoms with van der Waals surface area (Å²) in [7, 11) is 0. The van der Waals surface area contributed by atoms with Crippen LogP contribution in [-0.4, -0.2) is 34.7 Å². The topological polar surface area (TPSA) is 42.4 Å². The van der Waals surface area contributed by atoms with Crippen molar-refractivity contribution in [1.82, 2.24) is 9.88 Å². The molecular formula is C20H24N2O2. The molecule has 0 fully saturated rings. The molecule has 3 rings (SSSR count). The maximum atomic E-state index is 12.3. The first kappa shape index (κ1) is 16.5. The lowest BCUT2D eigenvalue weighted by atomic mass is 9.97. The van der Waals surface area contributed by atoms with E-state index in [-0.39, 0.29) is 6.09 Å². The molecule has 1 aliphatic heterocycles. The molecule has 0 saturated heterocycles. The minimum atomic E-state index is -0.454. The standard InChI is InChI=1S/C20H24N2O2/c1-20(2,3)24-19(23)22-12-8-15-4-5-17(14-18(15)9-13-22)16-6-10-21-11-7-16/h4-7,10-11,14H,8-9,12-13H2,1-3H3. The molecule has 1 aliphatic rings. The van der Waals surface area contributed by atoms with Crippen LogP contribution in [0, 0.1) is 0 Å². The number of aromatic nitrogens is 1. The molecule has 0 atom stereocenters. The Morgan fingerprint density at radius 3 is 2.33 bits per heavy atom. The molecular weight excluding hydrogens is 300 g/mol. The Morgan fingerprint density at radius 2 is 1.67 bits per heavy atom. The van der Waals surface area contributed by atoms with Crippen LogP contribution in [0.1, 0.15) is 31.9 Å². The normalized spacial score (nSPS) is 14.7. The number of pyridine rings is 1. The summed E-state index contributed by atoms with van der Waals surface area (Å²) in [6, 6.07) is 10.6. The van der Waals surface area contributed by atoms with Gasteiger partial charge in [-0.1, -0.05) is 18.2 Å². The molecule has 126 valence electrons. The lowest BCUT2D eigenvalue weighted by Crippen LogP contribution is -2.38. The van der Waals surface area contributed by atoms with E-state index in [1.54, 1.807) is 0 Å². The second-order valence-corrected chi connectivity index (χ2v) is 7.19. The van der Waals surface area contributed by atoms with E-state index in [9.17, 15) is 4.79 Å². The zero-order valence-electron chi connectivity index (χ0n) is 14.6. The zero-order valence-corrected chi connectivity index (χ0v) is 14.6. The summed E-state index contributed by atoms with van der Waals surface area (Å²) in [6.45, 7) is 7.10. The van der Waals surface area contributed by atoms with E-state index in [2.05, 4.69) is 23.2 Å². The van der Waals surface area contributed by atoms with Crippen molar-refractivity contribution < 1.29 is 9.53 Å². The molecule has 2 aromatic rings. The van der Waals surface area contributed by atoms with Crippen LogP contribution in [0.5, 0.6) is 0 Å².